The zero-order valence-corrected chi connectivity index (χ0v) is 14.3. The lowest BCUT2D eigenvalue weighted by molar-refractivity contribution is -0.138. The van der Waals surface area contributed by atoms with E-state index in [4.69, 9.17) is 14.4 Å². The molecule has 4 nitrogen and oxygen atoms in total. The molecule has 1 saturated heterocycles. The van der Waals surface area contributed by atoms with E-state index in [0.717, 1.165) is 12.1 Å². The van der Waals surface area contributed by atoms with E-state index < -0.39 is 54.1 Å². The molecule has 1 fully saturated rings. The second kappa shape index (κ2) is 6.28. The lowest BCUT2D eigenvalue weighted by atomic mass is 9.66. The van der Waals surface area contributed by atoms with Gasteiger partial charge in [-0.2, -0.15) is 13.2 Å². The third kappa shape index (κ3) is 4.15. The van der Waals surface area contributed by atoms with E-state index in [9.17, 15) is 22.4 Å². The van der Waals surface area contributed by atoms with Crippen molar-refractivity contribution >= 4 is 13.1 Å². The van der Waals surface area contributed by atoms with Crippen molar-refractivity contribution in [3.8, 4) is 0 Å². The van der Waals surface area contributed by atoms with Crippen LogP contribution in [0.25, 0.3) is 0 Å². The van der Waals surface area contributed by atoms with Gasteiger partial charge in [-0.05, 0) is 51.5 Å². The normalized spacial score (nSPS) is 20.6. The van der Waals surface area contributed by atoms with Crippen molar-refractivity contribution in [2.75, 3.05) is 0 Å². The SMILES string of the molecule is CC1(C)OB(C(CC(=O)O)c2cc(F)cc(C(F)(F)F)c2)OC1(C)C. The molecule has 1 aromatic rings. The minimum absolute atomic E-state index is 0.131. The van der Waals surface area contributed by atoms with Gasteiger partial charge < -0.3 is 14.4 Å². The molecule has 0 spiro atoms. The predicted octanol–water partition coefficient (Wildman–Crippen LogP) is 4.03. The number of carboxylic acid groups (broad SMARTS) is 1. The second-order valence-electron chi connectivity index (χ2n) is 7.10. The van der Waals surface area contributed by atoms with E-state index in [0.29, 0.717) is 6.07 Å². The molecule has 138 valence electrons. The van der Waals surface area contributed by atoms with Crippen molar-refractivity contribution in [1.82, 2.24) is 0 Å². The van der Waals surface area contributed by atoms with E-state index in [2.05, 4.69) is 0 Å². The maximum Gasteiger partial charge on any atom is 0.466 e. The van der Waals surface area contributed by atoms with Gasteiger partial charge in [0.05, 0.1) is 23.2 Å². The number of aliphatic carboxylic acids is 1. The Kier molecular flexibility index (Phi) is 4.95. The lowest BCUT2D eigenvalue weighted by Gasteiger charge is -2.32. The van der Waals surface area contributed by atoms with Crippen molar-refractivity contribution in [3.63, 3.8) is 0 Å². The van der Waals surface area contributed by atoms with Crippen LogP contribution in [0, 0.1) is 5.82 Å². The summed E-state index contributed by atoms with van der Waals surface area (Å²) in [5, 5.41) is 9.14. The van der Waals surface area contributed by atoms with Gasteiger partial charge in [0.15, 0.2) is 0 Å². The maximum atomic E-state index is 13.7. The zero-order chi connectivity index (χ0) is 19.2. The van der Waals surface area contributed by atoms with Crippen molar-refractivity contribution in [2.24, 2.45) is 0 Å². The Bertz CT molecular complexity index is 657. The molecule has 1 N–H and O–H groups in total. The molecular formula is C16H19BF4O4. The fraction of sp³-hybridized carbons (Fsp3) is 0.562. The first-order valence-corrected chi connectivity index (χ1v) is 7.68. The smallest absolute Gasteiger partial charge is 0.466 e. The van der Waals surface area contributed by atoms with Crippen molar-refractivity contribution in [3.05, 3.63) is 35.1 Å². The molecule has 0 aromatic heterocycles. The van der Waals surface area contributed by atoms with Crippen LogP contribution in [0.15, 0.2) is 18.2 Å². The summed E-state index contributed by atoms with van der Waals surface area (Å²) in [6, 6.07) is 1.99. The van der Waals surface area contributed by atoms with Crippen molar-refractivity contribution in [1.29, 1.82) is 0 Å². The summed E-state index contributed by atoms with van der Waals surface area (Å²) >= 11 is 0. The molecule has 0 aliphatic carbocycles. The first-order chi connectivity index (χ1) is 11.2. The van der Waals surface area contributed by atoms with Crippen LogP contribution in [0.3, 0.4) is 0 Å². The standard InChI is InChI=1S/C16H19BF4O4/c1-14(2)15(3,4)25-17(24-14)12(8-13(22)23)9-5-10(16(19,20)21)7-11(18)6-9/h5-7,12H,8H2,1-4H3,(H,22,23). The summed E-state index contributed by atoms with van der Waals surface area (Å²) < 4.78 is 64.1. The third-order valence-corrected chi connectivity index (χ3v) is 4.67. The van der Waals surface area contributed by atoms with E-state index in [1.165, 1.54) is 0 Å². The molecule has 9 heteroatoms. The van der Waals surface area contributed by atoms with Gasteiger partial charge in [0, 0.05) is 5.82 Å². The Morgan fingerprint density at radius 1 is 1.16 bits per heavy atom. The monoisotopic (exact) mass is 362 g/mol. The Morgan fingerprint density at radius 3 is 2.12 bits per heavy atom. The van der Waals surface area contributed by atoms with Crippen LogP contribution >= 0.6 is 0 Å². The van der Waals surface area contributed by atoms with Crippen LogP contribution in [0.4, 0.5) is 17.6 Å². The highest BCUT2D eigenvalue weighted by molar-refractivity contribution is 6.48. The van der Waals surface area contributed by atoms with Gasteiger partial charge >= 0.3 is 19.3 Å². The second-order valence-corrected chi connectivity index (χ2v) is 7.10. The molecule has 1 atom stereocenters. The largest absolute Gasteiger partial charge is 0.481 e. The molecule has 0 radical (unpaired) electrons. The molecular weight excluding hydrogens is 343 g/mol. The number of halogens is 4. The summed E-state index contributed by atoms with van der Waals surface area (Å²) in [6.07, 6.45) is -5.31. The number of carboxylic acids is 1. The first kappa shape index (κ1) is 19.7. The summed E-state index contributed by atoms with van der Waals surface area (Å²) in [7, 11) is -1.11. The fourth-order valence-corrected chi connectivity index (χ4v) is 2.60. The number of alkyl halides is 3. The Hall–Kier alpha value is -1.61. The number of hydrogen-bond acceptors (Lipinski definition) is 3. The number of carbonyl (C=O) groups is 1. The van der Waals surface area contributed by atoms with Crippen LogP contribution < -0.4 is 0 Å². The molecule has 0 amide bonds. The summed E-state index contributed by atoms with van der Waals surface area (Å²) in [5.74, 6) is -3.44. The minimum atomic E-state index is -4.75. The van der Waals surface area contributed by atoms with Gasteiger partial charge in [-0.3, -0.25) is 4.79 Å². The van der Waals surface area contributed by atoms with Crippen molar-refractivity contribution in [2.45, 2.75) is 57.3 Å². The highest BCUT2D eigenvalue weighted by Gasteiger charge is 2.54. The zero-order valence-electron chi connectivity index (χ0n) is 14.3. The van der Waals surface area contributed by atoms with Gasteiger partial charge in [0.1, 0.15) is 5.82 Å². The number of benzene rings is 1. The molecule has 0 saturated carbocycles. The molecule has 2 rings (SSSR count). The molecule has 1 unspecified atom stereocenters. The predicted molar refractivity (Wildman–Crippen MR) is 82.5 cm³/mol. The van der Waals surface area contributed by atoms with E-state index in [1.54, 1.807) is 27.7 Å². The van der Waals surface area contributed by atoms with Crippen LogP contribution in [0.5, 0.6) is 0 Å². The van der Waals surface area contributed by atoms with Crippen LogP contribution in [0.2, 0.25) is 0 Å². The molecule has 1 aliphatic heterocycles. The topological polar surface area (TPSA) is 55.8 Å². The molecule has 0 bridgehead atoms. The number of rotatable bonds is 4. The maximum absolute atomic E-state index is 13.7. The molecule has 1 aromatic carbocycles. The van der Waals surface area contributed by atoms with E-state index in [-0.39, 0.29) is 5.56 Å². The number of hydrogen-bond donors (Lipinski definition) is 1. The van der Waals surface area contributed by atoms with E-state index >= 15 is 0 Å². The highest BCUT2D eigenvalue weighted by atomic mass is 19.4. The molecule has 1 heterocycles. The summed E-state index contributed by atoms with van der Waals surface area (Å²) in [4.78, 5) is 11.2. The van der Waals surface area contributed by atoms with Gasteiger partial charge in [-0.1, -0.05) is 0 Å². The van der Waals surface area contributed by atoms with Gasteiger partial charge in [0.2, 0.25) is 0 Å². The van der Waals surface area contributed by atoms with Crippen molar-refractivity contribution < 1.29 is 36.8 Å². The summed E-state index contributed by atoms with van der Waals surface area (Å²) in [5.41, 5.74) is -2.91. The van der Waals surface area contributed by atoms with Crippen LogP contribution in [-0.4, -0.2) is 29.4 Å². The van der Waals surface area contributed by atoms with Gasteiger partial charge in [0.25, 0.3) is 0 Å². The lowest BCUT2D eigenvalue weighted by Crippen LogP contribution is -2.41. The van der Waals surface area contributed by atoms with Crippen LogP contribution in [-0.2, 0) is 20.3 Å². The quantitative estimate of drug-likeness (QED) is 0.649. The van der Waals surface area contributed by atoms with E-state index in [1.807, 2.05) is 0 Å². The average molecular weight is 362 g/mol. The first-order valence-electron chi connectivity index (χ1n) is 7.68. The Morgan fingerprint density at radius 2 is 1.68 bits per heavy atom. The minimum Gasteiger partial charge on any atom is -0.481 e. The highest BCUT2D eigenvalue weighted by Crippen LogP contribution is 2.42. The third-order valence-electron chi connectivity index (χ3n) is 4.67. The summed E-state index contributed by atoms with van der Waals surface area (Å²) in [6.45, 7) is 6.93. The molecule has 25 heavy (non-hydrogen) atoms. The average Bonchev–Trinajstić information content (AvgIpc) is 2.62. The Labute approximate surface area is 143 Å². The van der Waals surface area contributed by atoms with Crippen LogP contribution in [0.1, 0.15) is 51.1 Å². The Balaban J connectivity index is 2.46. The fourth-order valence-electron chi connectivity index (χ4n) is 2.60. The molecule has 1 aliphatic rings. The van der Waals surface area contributed by atoms with Gasteiger partial charge in [-0.25, -0.2) is 4.39 Å². The van der Waals surface area contributed by atoms with Gasteiger partial charge in [-0.15, -0.1) is 0 Å².